The number of hydrogen-bond donors (Lipinski definition) is 2. The van der Waals surface area contributed by atoms with Crippen LogP contribution < -0.4 is 10.6 Å². The van der Waals surface area contributed by atoms with E-state index >= 15 is 0 Å². The lowest BCUT2D eigenvalue weighted by Crippen LogP contribution is -2.36. The van der Waals surface area contributed by atoms with E-state index in [0.29, 0.717) is 24.4 Å². The third-order valence-electron chi connectivity index (χ3n) is 4.85. The second kappa shape index (κ2) is 8.95. The van der Waals surface area contributed by atoms with Crippen LogP contribution in [-0.2, 0) is 15.0 Å². The minimum Gasteiger partial charge on any atom is -0.356 e. The van der Waals surface area contributed by atoms with E-state index in [9.17, 15) is 14.4 Å². The van der Waals surface area contributed by atoms with Crippen LogP contribution >= 0.6 is 11.3 Å². The molecule has 1 aromatic carbocycles. The first-order valence-electron chi connectivity index (χ1n) is 9.29. The van der Waals surface area contributed by atoms with E-state index in [0.717, 1.165) is 18.4 Å². The number of ketones is 1. The molecule has 3 rings (SSSR count). The predicted octanol–water partition coefficient (Wildman–Crippen LogP) is 3.07. The van der Waals surface area contributed by atoms with Gasteiger partial charge in [-0.1, -0.05) is 36.4 Å². The van der Waals surface area contributed by atoms with E-state index in [-0.39, 0.29) is 35.9 Å². The van der Waals surface area contributed by atoms with Crippen LogP contribution in [0.25, 0.3) is 0 Å². The summed E-state index contributed by atoms with van der Waals surface area (Å²) in [6.07, 6.45) is 2.86. The summed E-state index contributed by atoms with van der Waals surface area (Å²) in [6, 6.07) is 13.5. The molecule has 1 aliphatic carbocycles. The largest absolute Gasteiger partial charge is 0.356 e. The van der Waals surface area contributed by atoms with Crippen LogP contribution in [0.15, 0.2) is 47.8 Å². The summed E-state index contributed by atoms with van der Waals surface area (Å²) < 4.78 is 0. The third-order valence-corrected chi connectivity index (χ3v) is 5.76. The molecule has 1 saturated carbocycles. The molecule has 0 radical (unpaired) electrons. The first-order valence-corrected chi connectivity index (χ1v) is 10.2. The molecule has 0 saturated heterocycles. The number of hydrogen-bond acceptors (Lipinski definition) is 4. The van der Waals surface area contributed by atoms with Gasteiger partial charge < -0.3 is 10.6 Å². The molecule has 5 nitrogen and oxygen atoms in total. The van der Waals surface area contributed by atoms with Crippen molar-refractivity contribution in [1.29, 1.82) is 0 Å². The number of amides is 2. The van der Waals surface area contributed by atoms with Crippen molar-refractivity contribution in [3.05, 3.63) is 58.3 Å². The lowest BCUT2D eigenvalue weighted by Gasteiger charge is -2.15. The maximum atomic E-state index is 12.5. The highest BCUT2D eigenvalue weighted by Crippen LogP contribution is 2.48. The highest BCUT2D eigenvalue weighted by molar-refractivity contribution is 7.12. The average molecular weight is 385 g/mol. The van der Waals surface area contributed by atoms with Crippen LogP contribution in [0.5, 0.6) is 0 Å². The van der Waals surface area contributed by atoms with Crippen LogP contribution in [0.3, 0.4) is 0 Å². The van der Waals surface area contributed by atoms with Gasteiger partial charge in [0.05, 0.1) is 10.3 Å². The van der Waals surface area contributed by atoms with Gasteiger partial charge in [0.2, 0.25) is 11.8 Å². The summed E-state index contributed by atoms with van der Waals surface area (Å²) in [5.41, 5.74) is 0.721. The Hall–Kier alpha value is -2.47. The Morgan fingerprint density at radius 1 is 0.926 bits per heavy atom. The SMILES string of the molecule is O=C(CCC(=O)c1cccs1)NCCCNC(=O)C1(c2ccccc2)CC1. The fraction of sp³-hybridized carbons (Fsp3) is 0.381. The van der Waals surface area contributed by atoms with Gasteiger partial charge in [0, 0.05) is 25.9 Å². The molecule has 6 heteroatoms. The molecule has 1 heterocycles. The molecule has 2 aromatic rings. The second-order valence-electron chi connectivity index (χ2n) is 6.81. The Morgan fingerprint density at radius 3 is 2.33 bits per heavy atom. The van der Waals surface area contributed by atoms with E-state index in [1.54, 1.807) is 6.07 Å². The normalized spacial score (nSPS) is 14.4. The minimum absolute atomic E-state index is 0.00283. The highest BCUT2D eigenvalue weighted by atomic mass is 32.1. The zero-order valence-electron chi connectivity index (χ0n) is 15.2. The first kappa shape index (κ1) is 19.3. The van der Waals surface area contributed by atoms with Gasteiger partial charge in [-0.25, -0.2) is 0 Å². The summed E-state index contributed by atoms with van der Waals surface area (Å²) in [4.78, 5) is 36.9. The first-order chi connectivity index (χ1) is 13.1. The molecule has 0 bridgehead atoms. The highest BCUT2D eigenvalue weighted by Gasteiger charge is 2.50. The second-order valence-corrected chi connectivity index (χ2v) is 7.76. The van der Waals surface area contributed by atoms with Gasteiger partial charge in [-0.2, -0.15) is 0 Å². The molecular formula is C21H24N2O3S. The van der Waals surface area contributed by atoms with Gasteiger partial charge in [-0.3, -0.25) is 14.4 Å². The topological polar surface area (TPSA) is 75.3 Å². The molecule has 1 fully saturated rings. The number of rotatable bonds is 10. The number of carbonyl (C=O) groups excluding carboxylic acids is 3. The minimum atomic E-state index is -0.355. The van der Waals surface area contributed by atoms with Gasteiger partial charge in [-0.05, 0) is 36.3 Å². The van der Waals surface area contributed by atoms with E-state index in [4.69, 9.17) is 0 Å². The van der Waals surface area contributed by atoms with Crippen molar-refractivity contribution in [3.63, 3.8) is 0 Å². The summed E-state index contributed by atoms with van der Waals surface area (Å²) >= 11 is 1.39. The fourth-order valence-corrected chi connectivity index (χ4v) is 3.79. The molecule has 0 spiro atoms. The number of carbonyl (C=O) groups is 3. The van der Waals surface area contributed by atoms with Crippen molar-refractivity contribution in [2.45, 2.75) is 37.5 Å². The van der Waals surface area contributed by atoms with E-state index in [1.807, 2.05) is 41.8 Å². The molecule has 0 unspecified atom stereocenters. The zero-order valence-corrected chi connectivity index (χ0v) is 16.0. The van der Waals surface area contributed by atoms with Crippen LogP contribution in [0, 0.1) is 0 Å². The van der Waals surface area contributed by atoms with Crippen LogP contribution in [-0.4, -0.2) is 30.7 Å². The number of Topliss-reactive ketones (excluding diaryl/α,β-unsaturated/α-hetero) is 1. The Kier molecular flexibility index (Phi) is 6.40. The van der Waals surface area contributed by atoms with E-state index in [2.05, 4.69) is 10.6 Å². The predicted molar refractivity (Wildman–Crippen MR) is 106 cm³/mol. The molecule has 0 atom stereocenters. The molecular weight excluding hydrogens is 360 g/mol. The van der Waals surface area contributed by atoms with Gasteiger partial charge >= 0.3 is 0 Å². The Bertz CT molecular complexity index is 783. The van der Waals surface area contributed by atoms with Gasteiger partial charge in [0.1, 0.15) is 0 Å². The third kappa shape index (κ3) is 5.04. The van der Waals surface area contributed by atoms with Crippen molar-refractivity contribution in [3.8, 4) is 0 Å². The lowest BCUT2D eigenvalue weighted by molar-refractivity contribution is -0.123. The monoisotopic (exact) mass is 384 g/mol. The van der Waals surface area contributed by atoms with Crippen molar-refractivity contribution in [2.75, 3.05) is 13.1 Å². The summed E-state index contributed by atoms with van der Waals surface area (Å²) in [6.45, 7) is 1.02. The quantitative estimate of drug-likeness (QED) is 0.488. The number of benzene rings is 1. The maximum absolute atomic E-state index is 12.5. The van der Waals surface area contributed by atoms with Crippen LogP contribution in [0.4, 0.5) is 0 Å². The molecule has 1 aliphatic rings. The summed E-state index contributed by atoms with van der Waals surface area (Å²) in [7, 11) is 0. The van der Waals surface area contributed by atoms with Gasteiger partial charge in [-0.15, -0.1) is 11.3 Å². The van der Waals surface area contributed by atoms with E-state index < -0.39 is 0 Å². The van der Waals surface area contributed by atoms with Gasteiger partial charge in [0.15, 0.2) is 5.78 Å². The summed E-state index contributed by atoms with van der Waals surface area (Å²) in [5.74, 6) is -0.0567. The maximum Gasteiger partial charge on any atom is 0.230 e. The van der Waals surface area contributed by atoms with E-state index in [1.165, 1.54) is 11.3 Å². The zero-order chi connectivity index (χ0) is 19.1. The molecule has 0 aliphatic heterocycles. The molecule has 142 valence electrons. The Balaban J connectivity index is 1.30. The smallest absolute Gasteiger partial charge is 0.230 e. The average Bonchev–Trinajstić information content (AvgIpc) is 3.33. The fourth-order valence-electron chi connectivity index (χ4n) is 3.09. The van der Waals surface area contributed by atoms with Crippen molar-refractivity contribution in [2.24, 2.45) is 0 Å². The number of thiophene rings is 1. The Labute approximate surface area is 163 Å². The standard InChI is InChI=1S/C21H24N2O3S/c24-17(18-8-4-15-27-18)9-10-19(25)22-13-5-14-23-20(26)21(11-12-21)16-6-2-1-3-7-16/h1-4,6-8,15H,5,9-14H2,(H,22,25)(H,23,26). The van der Waals surface area contributed by atoms with Crippen molar-refractivity contribution in [1.82, 2.24) is 10.6 Å². The van der Waals surface area contributed by atoms with Crippen molar-refractivity contribution < 1.29 is 14.4 Å². The van der Waals surface area contributed by atoms with Crippen molar-refractivity contribution >= 4 is 28.9 Å². The Morgan fingerprint density at radius 2 is 1.67 bits per heavy atom. The number of nitrogens with one attached hydrogen (secondary N) is 2. The summed E-state index contributed by atoms with van der Waals surface area (Å²) in [5, 5.41) is 7.64. The molecule has 1 aromatic heterocycles. The molecule has 2 amide bonds. The van der Waals surface area contributed by atoms with Gasteiger partial charge in [0.25, 0.3) is 0 Å². The van der Waals surface area contributed by atoms with Crippen LogP contribution in [0.2, 0.25) is 0 Å². The molecule has 27 heavy (non-hydrogen) atoms. The lowest BCUT2D eigenvalue weighted by atomic mass is 9.95. The molecule has 2 N–H and O–H groups in total. The van der Waals surface area contributed by atoms with Crippen LogP contribution in [0.1, 0.15) is 47.3 Å².